The largest absolute Gasteiger partial charge is 0.483 e. The summed E-state index contributed by atoms with van der Waals surface area (Å²) in [5.41, 5.74) is 5.44. The van der Waals surface area contributed by atoms with Gasteiger partial charge in [0.15, 0.2) is 17.3 Å². The molecule has 0 aliphatic rings. The number of thiocarbonyl (C=S) groups is 1. The monoisotopic (exact) mass is 473 g/mol. The van der Waals surface area contributed by atoms with E-state index in [1.165, 1.54) is 5.56 Å². The number of para-hydroxylation sites is 1. The van der Waals surface area contributed by atoms with Crippen LogP contribution in [-0.2, 0) is 4.79 Å². The van der Waals surface area contributed by atoms with E-state index in [4.69, 9.17) is 21.4 Å². The van der Waals surface area contributed by atoms with Crippen LogP contribution in [0.5, 0.6) is 5.75 Å². The molecule has 0 aliphatic carbocycles. The highest BCUT2D eigenvalue weighted by Gasteiger charge is 2.12. The van der Waals surface area contributed by atoms with E-state index in [9.17, 15) is 4.79 Å². The minimum absolute atomic E-state index is 0.123. The predicted octanol–water partition coefficient (Wildman–Crippen LogP) is 6.21. The standard InChI is InChI=1S/C27H27N3O3S/c1-4-17(2)20-11-14-24-22(15-20)29-26(33-24)19-9-12-21(13-10-19)28-27(34)30-25(31)16-32-23-8-6-5-7-18(23)3/h5-15,17H,4,16H2,1-3H3,(H2,28,30,31,34)/t17-/m0/s1. The van der Waals surface area contributed by atoms with Gasteiger partial charge in [0.05, 0.1) is 0 Å². The van der Waals surface area contributed by atoms with Crippen LogP contribution >= 0.6 is 12.2 Å². The molecule has 4 rings (SSSR count). The second kappa shape index (κ2) is 10.5. The summed E-state index contributed by atoms with van der Waals surface area (Å²) >= 11 is 5.25. The molecular formula is C27H27N3O3S. The van der Waals surface area contributed by atoms with Gasteiger partial charge in [0.2, 0.25) is 5.89 Å². The highest BCUT2D eigenvalue weighted by molar-refractivity contribution is 7.80. The molecule has 6 nitrogen and oxygen atoms in total. The molecule has 4 aromatic rings. The van der Waals surface area contributed by atoms with Crippen molar-refractivity contribution < 1.29 is 13.9 Å². The van der Waals surface area contributed by atoms with Crippen molar-refractivity contribution in [2.75, 3.05) is 11.9 Å². The fourth-order valence-corrected chi connectivity index (χ4v) is 3.72. The summed E-state index contributed by atoms with van der Waals surface area (Å²) in [6.45, 7) is 6.18. The van der Waals surface area contributed by atoms with Crippen LogP contribution in [0.4, 0.5) is 5.69 Å². The number of amides is 1. The molecule has 1 aromatic heterocycles. The summed E-state index contributed by atoms with van der Waals surface area (Å²) in [4.78, 5) is 16.8. The van der Waals surface area contributed by atoms with Crippen LogP contribution in [0, 0.1) is 6.92 Å². The smallest absolute Gasteiger partial charge is 0.264 e. The Hall–Kier alpha value is -3.71. The van der Waals surface area contributed by atoms with E-state index < -0.39 is 0 Å². The van der Waals surface area contributed by atoms with Crippen LogP contribution in [0.1, 0.15) is 37.3 Å². The number of carbonyl (C=O) groups is 1. The molecule has 174 valence electrons. The van der Waals surface area contributed by atoms with E-state index in [0.717, 1.165) is 34.3 Å². The van der Waals surface area contributed by atoms with Crippen molar-refractivity contribution in [2.24, 2.45) is 0 Å². The molecule has 0 spiro atoms. The third-order valence-corrected chi connectivity index (χ3v) is 5.89. The van der Waals surface area contributed by atoms with Crippen molar-refractivity contribution in [3.8, 4) is 17.2 Å². The van der Waals surface area contributed by atoms with Gasteiger partial charge in [0.1, 0.15) is 11.3 Å². The Morgan fingerprint density at radius 2 is 1.88 bits per heavy atom. The van der Waals surface area contributed by atoms with Gasteiger partial charge in [0.25, 0.3) is 5.91 Å². The number of aromatic nitrogens is 1. The number of hydrogen-bond acceptors (Lipinski definition) is 5. The number of anilines is 1. The molecule has 1 amide bonds. The number of aryl methyl sites for hydroxylation is 1. The highest BCUT2D eigenvalue weighted by atomic mass is 32.1. The van der Waals surface area contributed by atoms with E-state index in [2.05, 4.69) is 41.6 Å². The zero-order chi connectivity index (χ0) is 24.1. The van der Waals surface area contributed by atoms with Gasteiger partial charge in [-0.05, 0) is 85.1 Å². The second-order valence-electron chi connectivity index (χ2n) is 8.19. The molecule has 0 saturated heterocycles. The molecule has 0 radical (unpaired) electrons. The third kappa shape index (κ3) is 5.61. The van der Waals surface area contributed by atoms with Crippen molar-refractivity contribution >= 4 is 40.0 Å². The topological polar surface area (TPSA) is 76.4 Å². The molecule has 0 fully saturated rings. The number of ether oxygens (including phenoxy) is 1. The van der Waals surface area contributed by atoms with E-state index >= 15 is 0 Å². The normalized spacial score (nSPS) is 11.7. The molecular weight excluding hydrogens is 446 g/mol. The maximum absolute atomic E-state index is 12.2. The van der Waals surface area contributed by atoms with Crippen molar-refractivity contribution in [2.45, 2.75) is 33.1 Å². The van der Waals surface area contributed by atoms with Gasteiger partial charge in [-0.2, -0.15) is 0 Å². The number of carbonyl (C=O) groups excluding carboxylic acids is 1. The van der Waals surface area contributed by atoms with Gasteiger partial charge in [-0.25, -0.2) is 4.98 Å². The molecule has 2 N–H and O–H groups in total. The molecule has 0 saturated carbocycles. The van der Waals surface area contributed by atoms with Gasteiger partial charge >= 0.3 is 0 Å². The van der Waals surface area contributed by atoms with E-state index in [1.807, 2.05) is 61.5 Å². The lowest BCUT2D eigenvalue weighted by atomic mass is 9.98. The van der Waals surface area contributed by atoms with Gasteiger partial charge in [-0.1, -0.05) is 38.1 Å². The van der Waals surface area contributed by atoms with E-state index in [-0.39, 0.29) is 17.6 Å². The van der Waals surface area contributed by atoms with Gasteiger partial charge in [-0.15, -0.1) is 0 Å². The average molecular weight is 474 g/mol. The number of fused-ring (bicyclic) bond motifs is 1. The van der Waals surface area contributed by atoms with Crippen molar-refractivity contribution in [1.82, 2.24) is 10.3 Å². The summed E-state index contributed by atoms with van der Waals surface area (Å²) in [5, 5.41) is 5.83. The van der Waals surface area contributed by atoms with Crippen LogP contribution in [0.3, 0.4) is 0 Å². The lowest BCUT2D eigenvalue weighted by Gasteiger charge is -2.11. The molecule has 1 heterocycles. The Balaban J connectivity index is 1.34. The first-order valence-electron chi connectivity index (χ1n) is 11.2. The number of oxazole rings is 1. The lowest BCUT2D eigenvalue weighted by Crippen LogP contribution is -2.37. The maximum atomic E-state index is 12.2. The molecule has 0 aliphatic heterocycles. The Morgan fingerprint density at radius 1 is 1.12 bits per heavy atom. The second-order valence-corrected chi connectivity index (χ2v) is 8.60. The number of benzene rings is 3. The predicted molar refractivity (Wildman–Crippen MR) is 139 cm³/mol. The van der Waals surface area contributed by atoms with Crippen molar-refractivity contribution in [3.05, 3.63) is 77.9 Å². The fourth-order valence-electron chi connectivity index (χ4n) is 3.49. The van der Waals surface area contributed by atoms with Crippen LogP contribution in [0.15, 0.2) is 71.1 Å². The number of hydrogen-bond donors (Lipinski definition) is 2. The van der Waals surface area contributed by atoms with Crippen LogP contribution in [-0.4, -0.2) is 22.6 Å². The molecule has 3 aromatic carbocycles. The zero-order valence-corrected chi connectivity index (χ0v) is 20.2. The molecule has 34 heavy (non-hydrogen) atoms. The Morgan fingerprint density at radius 3 is 2.62 bits per heavy atom. The Bertz CT molecular complexity index is 1310. The first kappa shape index (κ1) is 23.4. The van der Waals surface area contributed by atoms with Crippen LogP contribution in [0.2, 0.25) is 0 Å². The van der Waals surface area contributed by atoms with E-state index in [0.29, 0.717) is 17.6 Å². The first-order valence-corrected chi connectivity index (χ1v) is 11.6. The molecule has 7 heteroatoms. The summed E-state index contributed by atoms with van der Waals surface area (Å²) in [5.74, 6) is 1.38. The Kier molecular flexibility index (Phi) is 7.23. The zero-order valence-electron chi connectivity index (χ0n) is 19.4. The fraction of sp³-hybridized carbons (Fsp3) is 0.222. The maximum Gasteiger partial charge on any atom is 0.264 e. The quantitative estimate of drug-likeness (QED) is 0.311. The highest BCUT2D eigenvalue weighted by Crippen LogP contribution is 2.28. The van der Waals surface area contributed by atoms with Crippen LogP contribution in [0.25, 0.3) is 22.6 Å². The number of nitrogens with one attached hydrogen (secondary N) is 2. The van der Waals surface area contributed by atoms with E-state index in [1.54, 1.807) is 0 Å². The summed E-state index contributed by atoms with van der Waals surface area (Å²) in [7, 11) is 0. The van der Waals surface area contributed by atoms with Gasteiger partial charge in [0, 0.05) is 11.3 Å². The number of nitrogens with zero attached hydrogens (tertiary/aromatic N) is 1. The third-order valence-electron chi connectivity index (χ3n) is 5.69. The molecule has 0 bridgehead atoms. The van der Waals surface area contributed by atoms with Crippen molar-refractivity contribution in [3.63, 3.8) is 0 Å². The van der Waals surface area contributed by atoms with Crippen molar-refractivity contribution in [1.29, 1.82) is 0 Å². The SMILES string of the molecule is CC[C@H](C)c1ccc2oc(-c3ccc(NC(=S)NC(=O)COc4ccccc4C)cc3)nc2c1. The minimum atomic E-state index is -0.333. The summed E-state index contributed by atoms with van der Waals surface area (Å²) in [6, 6.07) is 21.2. The summed E-state index contributed by atoms with van der Waals surface area (Å²) in [6.07, 6.45) is 1.08. The minimum Gasteiger partial charge on any atom is -0.483 e. The average Bonchev–Trinajstić information content (AvgIpc) is 3.27. The van der Waals surface area contributed by atoms with Gasteiger partial charge in [-0.3, -0.25) is 10.1 Å². The summed E-state index contributed by atoms with van der Waals surface area (Å²) < 4.78 is 11.5. The molecule has 0 unspecified atom stereocenters. The Labute approximate surface area is 204 Å². The van der Waals surface area contributed by atoms with Crippen LogP contribution < -0.4 is 15.4 Å². The van der Waals surface area contributed by atoms with Gasteiger partial charge < -0.3 is 14.5 Å². The molecule has 1 atom stereocenters. The first-order chi connectivity index (χ1) is 16.4. The lowest BCUT2D eigenvalue weighted by molar-refractivity contribution is -0.121. The number of rotatable bonds is 7.